The molecular weight excluding hydrogens is 267 g/mol. The van der Waals surface area contributed by atoms with Gasteiger partial charge >= 0.3 is 0 Å². The second kappa shape index (κ2) is 7.80. The van der Waals surface area contributed by atoms with Crippen LogP contribution in [-0.4, -0.2) is 30.4 Å². The number of hydrogen-bond acceptors (Lipinski definition) is 2. The Morgan fingerprint density at radius 2 is 1.86 bits per heavy atom. The van der Waals surface area contributed by atoms with Crippen LogP contribution in [0.3, 0.4) is 0 Å². The van der Waals surface area contributed by atoms with Crippen molar-refractivity contribution in [2.24, 2.45) is 5.73 Å². The van der Waals surface area contributed by atoms with E-state index in [0.717, 1.165) is 38.8 Å². The molecule has 0 aromatic heterocycles. The Morgan fingerprint density at radius 3 is 2.48 bits per heavy atom. The van der Waals surface area contributed by atoms with Gasteiger partial charge in [-0.15, -0.1) is 0 Å². The summed E-state index contributed by atoms with van der Waals surface area (Å²) in [5, 5.41) is 0. The number of halogens is 1. The number of rotatable bonds is 1. The maximum absolute atomic E-state index is 13.9. The first kappa shape index (κ1) is 15.5. The molecule has 0 saturated carbocycles. The van der Waals surface area contributed by atoms with E-state index < -0.39 is 5.82 Å². The number of likely N-dealkylation sites (tertiary alicyclic amines) is 1. The average Bonchev–Trinajstić information content (AvgIpc) is 2.45. The van der Waals surface area contributed by atoms with E-state index in [1.807, 2.05) is 4.90 Å². The van der Waals surface area contributed by atoms with Gasteiger partial charge in [0.2, 0.25) is 0 Å². The van der Waals surface area contributed by atoms with Crippen LogP contribution in [0.2, 0.25) is 0 Å². The largest absolute Gasteiger partial charge is 0.339 e. The van der Waals surface area contributed by atoms with Gasteiger partial charge in [0, 0.05) is 18.7 Å². The van der Waals surface area contributed by atoms with E-state index in [-0.39, 0.29) is 18.0 Å². The van der Waals surface area contributed by atoms with Crippen LogP contribution in [0.5, 0.6) is 0 Å². The Balaban J connectivity index is 2.12. The highest BCUT2D eigenvalue weighted by Crippen LogP contribution is 2.15. The van der Waals surface area contributed by atoms with E-state index in [9.17, 15) is 9.18 Å². The summed E-state index contributed by atoms with van der Waals surface area (Å²) in [6.07, 6.45) is 5.60. The highest BCUT2D eigenvalue weighted by atomic mass is 19.1. The molecule has 1 heterocycles. The fourth-order valence-corrected chi connectivity index (χ4v) is 2.53. The predicted octanol–water partition coefficient (Wildman–Crippen LogP) is 2.54. The van der Waals surface area contributed by atoms with Crippen molar-refractivity contribution in [3.8, 4) is 11.8 Å². The quantitative estimate of drug-likeness (QED) is 0.807. The monoisotopic (exact) mass is 288 g/mol. The number of nitrogens with zero attached hydrogens (tertiary/aromatic N) is 1. The van der Waals surface area contributed by atoms with Crippen LogP contribution >= 0.6 is 0 Å². The SMILES string of the molecule is NCC#Cc1ccc(C(=O)N2CCCCCCC2)cc1F. The van der Waals surface area contributed by atoms with Crippen LogP contribution < -0.4 is 5.73 Å². The van der Waals surface area contributed by atoms with Crippen molar-refractivity contribution < 1.29 is 9.18 Å². The third-order valence-corrected chi connectivity index (χ3v) is 3.68. The number of carbonyl (C=O) groups excluding carboxylic acids is 1. The van der Waals surface area contributed by atoms with Gasteiger partial charge in [0.05, 0.1) is 12.1 Å². The molecule has 0 unspecified atom stereocenters. The lowest BCUT2D eigenvalue weighted by Crippen LogP contribution is -2.33. The second-order valence-corrected chi connectivity index (χ2v) is 5.26. The first-order chi connectivity index (χ1) is 10.2. The third-order valence-electron chi connectivity index (χ3n) is 3.68. The van der Waals surface area contributed by atoms with Crippen LogP contribution in [0.4, 0.5) is 4.39 Å². The van der Waals surface area contributed by atoms with Gasteiger partial charge < -0.3 is 10.6 Å². The molecule has 112 valence electrons. The Hall–Kier alpha value is -1.86. The molecule has 1 aliphatic heterocycles. The van der Waals surface area contributed by atoms with E-state index in [2.05, 4.69) is 11.8 Å². The highest BCUT2D eigenvalue weighted by molar-refractivity contribution is 5.94. The Labute approximate surface area is 125 Å². The topological polar surface area (TPSA) is 46.3 Å². The Bertz CT molecular complexity index is 552. The van der Waals surface area contributed by atoms with Crippen molar-refractivity contribution in [1.29, 1.82) is 0 Å². The fraction of sp³-hybridized carbons (Fsp3) is 0.471. The zero-order valence-electron chi connectivity index (χ0n) is 12.2. The smallest absolute Gasteiger partial charge is 0.253 e. The van der Waals surface area contributed by atoms with Crippen molar-refractivity contribution in [2.75, 3.05) is 19.6 Å². The number of benzene rings is 1. The van der Waals surface area contributed by atoms with E-state index >= 15 is 0 Å². The van der Waals surface area contributed by atoms with Crippen LogP contribution in [0, 0.1) is 17.7 Å². The van der Waals surface area contributed by atoms with Crippen LogP contribution in [0.15, 0.2) is 18.2 Å². The molecule has 1 fully saturated rings. The van der Waals surface area contributed by atoms with Gasteiger partial charge in [0.15, 0.2) is 0 Å². The molecule has 2 rings (SSSR count). The highest BCUT2D eigenvalue weighted by Gasteiger charge is 2.17. The maximum atomic E-state index is 13.9. The summed E-state index contributed by atoms with van der Waals surface area (Å²) in [4.78, 5) is 14.3. The van der Waals surface area contributed by atoms with Gasteiger partial charge in [-0.25, -0.2) is 4.39 Å². The fourth-order valence-electron chi connectivity index (χ4n) is 2.53. The van der Waals surface area contributed by atoms with Gasteiger partial charge in [-0.05, 0) is 31.0 Å². The summed E-state index contributed by atoms with van der Waals surface area (Å²) in [6, 6.07) is 4.47. The molecule has 4 heteroatoms. The minimum atomic E-state index is -0.464. The standard InChI is InChI=1S/C17H21FN2O/c18-16-13-15(9-8-14(16)7-6-10-19)17(21)20-11-4-2-1-3-5-12-20/h8-9,13H,1-5,10-12,19H2. The molecule has 21 heavy (non-hydrogen) atoms. The first-order valence-corrected chi connectivity index (χ1v) is 7.50. The Kier molecular flexibility index (Phi) is 5.77. The third kappa shape index (κ3) is 4.30. The minimum Gasteiger partial charge on any atom is -0.339 e. The minimum absolute atomic E-state index is 0.0888. The van der Waals surface area contributed by atoms with Crippen LogP contribution in [0.1, 0.15) is 48.0 Å². The van der Waals surface area contributed by atoms with Gasteiger partial charge in [0.25, 0.3) is 5.91 Å². The second-order valence-electron chi connectivity index (χ2n) is 5.26. The maximum Gasteiger partial charge on any atom is 0.253 e. The first-order valence-electron chi connectivity index (χ1n) is 7.50. The molecule has 0 radical (unpaired) electrons. The summed E-state index contributed by atoms with van der Waals surface area (Å²) in [6.45, 7) is 1.71. The van der Waals surface area contributed by atoms with Crippen molar-refractivity contribution in [3.05, 3.63) is 35.1 Å². The van der Waals surface area contributed by atoms with E-state index in [1.54, 1.807) is 12.1 Å². The molecule has 3 nitrogen and oxygen atoms in total. The molecule has 0 atom stereocenters. The number of hydrogen-bond donors (Lipinski definition) is 1. The van der Waals surface area contributed by atoms with Crippen molar-refractivity contribution >= 4 is 5.91 Å². The number of nitrogens with two attached hydrogens (primary N) is 1. The molecule has 1 aromatic carbocycles. The molecule has 2 N–H and O–H groups in total. The molecular formula is C17H21FN2O. The molecule has 1 aromatic rings. The van der Waals surface area contributed by atoms with Gasteiger partial charge in [0.1, 0.15) is 5.82 Å². The van der Waals surface area contributed by atoms with Crippen molar-refractivity contribution in [1.82, 2.24) is 4.90 Å². The van der Waals surface area contributed by atoms with Gasteiger partial charge in [-0.3, -0.25) is 4.79 Å². The summed E-state index contributed by atoms with van der Waals surface area (Å²) in [5.74, 6) is 4.72. The summed E-state index contributed by atoms with van der Waals surface area (Å²) in [5.41, 5.74) is 5.95. The number of amides is 1. The van der Waals surface area contributed by atoms with Crippen molar-refractivity contribution in [3.63, 3.8) is 0 Å². The molecule has 1 saturated heterocycles. The zero-order chi connectivity index (χ0) is 15.1. The predicted molar refractivity (Wildman–Crippen MR) is 81.3 cm³/mol. The normalized spacial score (nSPS) is 15.6. The summed E-state index contributed by atoms with van der Waals surface area (Å²) < 4.78 is 13.9. The Morgan fingerprint density at radius 1 is 1.19 bits per heavy atom. The summed E-state index contributed by atoms with van der Waals surface area (Å²) >= 11 is 0. The lowest BCUT2D eigenvalue weighted by Gasteiger charge is -2.24. The van der Waals surface area contributed by atoms with Gasteiger partial charge in [-0.1, -0.05) is 31.1 Å². The molecule has 1 aliphatic rings. The van der Waals surface area contributed by atoms with E-state index in [0.29, 0.717) is 5.56 Å². The molecule has 0 aliphatic carbocycles. The lowest BCUT2D eigenvalue weighted by atomic mass is 10.1. The summed E-state index contributed by atoms with van der Waals surface area (Å²) in [7, 11) is 0. The molecule has 0 bridgehead atoms. The number of carbonyl (C=O) groups is 1. The average molecular weight is 288 g/mol. The van der Waals surface area contributed by atoms with E-state index in [1.165, 1.54) is 12.5 Å². The molecule has 0 spiro atoms. The van der Waals surface area contributed by atoms with E-state index in [4.69, 9.17) is 5.73 Å². The van der Waals surface area contributed by atoms with Gasteiger partial charge in [-0.2, -0.15) is 0 Å². The van der Waals surface area contributed by atoms with Crippen LogP contribution in [0.25, 0.3) is 0 Å². The van der Waals surface area contributed by atoms with Crippen molar-refractivity contribution in [2.45, 2.75) is 32.1 Å². The zero-order valence-corrected chi connectivity index (χ0v) is 12.2. The lowest BCUT2D eigenvalue weighted by molar-refractivity contribution is 0.0742. The molecule has 1 amide bonds. The van der Waals surface area contributed by atoms with Crippen LogP contribution in [-0.2, 0) is 0 Å².